The molecule has 0 atom stereocenters. The third-order valence-corrected chi connectivity index (χ3v) is 4.25. The van der Waals surface area contributed by atoms with Gasteiger partial charge in [0.1, 0.15) is 18.2 Å². The van der Waals surface area contributed by atoms with Crippen molar-refractivity contribution in [2.75, 3.05) is 0 Å². The molecule has 0 aliphatic rings. The van der Waals surface area contributed by atoms with Gasteiger partial charge in [-0.2, -0.15) is 0 Å². The summed E-state index contributed by atoms with van der Waals surface area (Å²) in [5.41, 5.74) is 3.15. The van der Waals surface area contributed by atoms with Crippen molar-refractivity contribution in [2.24, 2.45) is 0 Å². The number of aromatic nitrogens is 1. The number of nitrogens with zero attached hydrogens (tertiary/aromatic N) is 1. The van der Waals surface area contributed by atoms with Crippen molar-refractivity contribution >= 4 is 10.9 Å². The fourth-order valence-corrected chi connectivity index (χ4v) is 3.03. The third-order valence-electron chi connectivity index (χ3n) is 4.25. The number of rotatable bonds is 5. The molecule has 3 heteroatoms. The highest BCUT2D eigenvalue weighted by atomic mass is 19.1. The maximum Gasteiger partial charge on any atom is 0.129 e. The molecule has 0 saturated heterocycles. The summed E-state index contributed by atoms with van der Waals surface area (Å²) in [6, 6.07) is 24.9. The Morgan fingerprint density at radius 3 is 2.44 bits per heavy atom. The summed E-state index contributed by atoms with van der Waals surface area (Å²) in [7, 11) is 0. The standard InChI is InChI=1S/C22H18FNO/c23-19-9-4-8-18(14-19)15-24-13-12-20-21(24)10-5-11-22(20)25-16-17-6-2-1-3-7-17/h1-14H,15-16H2. The van der Waals surface area contributed by atoms with Crippen LogP contribution in [0.15, 0.2) is 85.1 Å². The fraction of sp³-hybridized carbons (Fsp3) is 0.0909. The van der Waals surface area contributed by atoms with Crippen molar-refractivity contribution in [3.63, 3.8) is 0 Å². The number of fused-ring (bicyclic) bond motifs is 1. The molecular formula is C22H18FNO. The minimum atomic E-state index is -0.208. The molecule has 25 heavy (non-hydrogen) atoms. The van der Waals surface area contributed by atoms with Crippen LogP contribution in [0.25, 0.3) is 10.9 Å². The zero-order chi connectivity index (χ0) is 17.1. The van der Waals surface area contributed by atoms with Gasteiger partial charge in [0.25, 0.3) is 0 Å². The highest BCUT2D eigenvalue weighted by Crippen LogP contribution is 2.28. The number of ether oxygens (including phenoxy) is 1. The molecule has 0 aliphatic carbocycles. The lowest BCUT2D eigenvalue weighted by molar-refractivity contribution is 0.310. The Morgan fingerprint density at radius 2 is 1.60 bits per heavy atom. The fourth-order valence-electron chi connectivity index (χ4n) is 3.03. The Labute approximate surface area is 146 Å². The van der Waals surface area contributed by atoms with Gasteiger partial charge in [-0.3, -0.25) is 0 Å². The van der Waals surface area contributed by atoms with E-state index in [1.54, 1.807) is 12.1 Å². The van der Waals surface area contributed by atoms with E-state index in [1.165, 1.54) is 6.07 Å². The zero-order valence-electron chi connectivity index (χ0n) is 13.7. The molecule has 4 aromatic rings. The second-order valence-electron chi connectivity index (χ2n) is 6.04. The number of halogens is 1. The normalized spacial score (nSPS) is 10.9. The molecule has 0 bridgehead atoms. The van der Waals surface area contributed by atoms with E-state index < -0.39 is 0 Å². The average molecular weight is 331 g/mol. The molecule has 0 spiro atoms. The van der Waals surface area contributed by atoms with Gasteiger partial charge in [-0.15, -0.1) is 0 Å². The average Bonchev–Trinajstić information content (AvgIpc) is 3.04. The van der Waals surface area contributed by atoms with Gasteiger partial charge in [0.2, 0.25) is 0 Å². The van der Waals surface area contributed by atoms with Gasteiger partial charge >= 0.3 is 0 Å². The Bertz CT molecular complexity index is 991. The minimum absolute atomic E-state index is 0.208. The van der Waals surface area contributed by atoms with Gasteiger partial charge in [0, 0.05) is 18.1 Å². The van der Waals surface area contributed by atoms with Crippen LogP contribution < -0.4 is 4.74 Å². The summed E-state index contributed by atoms with van der Waals surface area (Å²) in [6.45, 7) is 1.17. The summed E-state index contributed by atoms with van der Waals surface area (Å²) < 4.78 is 21.5. The molecule has 0 aliphatic heterocycles. The Kier molecular flexibility index (Phi) is 4.21. The van der Waals surface area contributed by atoms with Crippen molar-refractivity contribution in [1.29, 1.82) is 0 Å². The SMILES string of the molecule is Fc1cccc(Cn2ccc3c(OCc4ccccc4)cccc32)c1. The molecular weight excluding hydrogens is 313 g/mol. The van der Waals surface area contributed by atoms with Crippen molar-refractivity contribution < 1.29 is 9.13 Å². The summed E-state index contributed by atoms with van der Waals surface area (Å²) >= 11 is 0. The Morgan fingerprint density at radius 1 is 0.800 bits per heavy atom. The number of hydrogen-bond donors (Lipinski definition) is 0. The van der Waals surface area contributed by atoms with Crippen LogP contribution in [0.2, 0.25) is 0 Å². The van der Waals surface area contributed by atoms with Gasteiger partial charge < -0.3 is 9.30 Å². The highest BCUT2D eigenvalue weighted by molar-refractivity contribution is 5.86. The maximum atomic E-state index is 13.4. The van der Waals surface area contributed by atoms with Gasteiger partial charge in [0.15, 0.2) is 0 Å². The molecule has 0 N–H and O–H groups in total. The molecule has 0 unspecified atom stereocenters. The molecule has 2 nitrogen and oxygen atoms in total. The molecule has 0 fully saturated rings. The van der Waals surface area contributed by atoms with Gasteiger partial charge in [-0.1, -0.05) is 48.5 Å². The monoisotopic (exact) mass is 331 g/mol. The lowest BCUT2D eigenvalue weighted by atomic mass is 10.2. The van der Waals surface area contributed by atoms with Crippen LogP contribution in [0, 0.1) is 5.82 Å². The van der Waals surface area contributed by atoms with E-state index in [2.05, 4.69) is 28.8 Å². The van der Waals surface area contributed by atoms with Gasteiger partial charge in [-0.25, -0.2) is 4.39 Å². The van der Waals surface area contributed by atoms with Crippen molar-refractivity contribution in [2.45, 2.75) is 13.2 Å². The van der Waals surface area contributed by atoms with Crippen LogP contribution in [-0.4, -0.2) is 4.57 Å². The zero-order valence-corrected chi connectivity index (χ0v) is 13.7. The number of benzene rings is 3. The molecule has 0 saturated carbocycles. The molecule has 1 aromatic heterocycles. The van der Waals surface area contributed by atoms with Crippen molar-refractivity contribution in [1.82, 2.24) is 4.57 Å². The second-order valence-corrected chi connectivity index (χ2v) is 6.04. The Balaban J connectivity index is 1.59. The first-order chi connectivity index (χ1) is 12.3. The lowest BCUT2D eigenvalue weighted by Crippen LogP contribution is -1.99. The number of hydrogen-bond acceptors (Lipinski definition) is 1. The van der Waals surface area contributed by atoms with Gasteiger partial charge in [0.05, 0.1) is 5.52 Å². The lowest BCUT2D eigenvalue weighted by Gasteiger charge is -2.09. The van der Waals surface area contributed by atoms with Crippen LogP contribution in [-0.2, 0) is 13.2 Å². The summed E-state index contributed by atoms with van der Waals surface area (Å²) in [5, 5.41) is 1.06. The van der Waals surface area contributed by atoms with E-state index in [1.807, 2.05) is 42.6 Å². The molecule has 1 heterocycles. The van der Waals surface area contributed by atoms with E-state index >= 15 is 0 Å². The summed E-state index contributed by atoms with van der Waals surface area (Å²) in [4.78, 5) is 0. The molecule has 0 radical (unpaired) electrons. The first kappa shape index (κ1) is 15.5. The third kappa shape index (κ3) is 3.41. The van der Waals surface area contributed by atoms with Gasteiger partial charge in [-0.05, 0) is 41.5 Å². The largest absolute Gasteiger partial charge is 0.488 e. The first-order valence-corrected chi connectivity index (χ1v) is 8.28. The van der Waals surface area contributed by atoms with E-state index in [0.29, 0.717) is 13.2 Å². The van der Waals surface area contributed by atoms with Crippen LogP contribution in [0.4, 0.5) is 4.39 Å². The minimum Gasteiger partial charge on any atom is -0.488 e. The van der Waals surface area contributed by atoms with Crippen LogP contribution in [0.5, 0.6) is 5.75 Å². The smallest absolute Gasteiger partial charge is 0.129 e. The molecule has 0 amide bonds. The topological polar surface area (TPSA) is 14.2 Å². The van der Waals surface area contributed by atoms with Crippen LogP contribution in [0.1, 0.15) is 11.1 Å². The Hall–Kier alpha value is -3.07. The molecule has 4 rings (SSSR count). The quantitative estimate of drug-likeness (QED) is 0.477. The predicted octanol–water partition coefficient (Wildman–Crippen LogP) is 5.41. The molecule has 3 aromatic carbocycles. The van der Waals surface area contributed by atoms with Crippen molar-refractivity contribution in [3.05, 3.63) is 102 Å². The maximum absolute atomic E-state index is 13.4. The second kappa shape index (κ2) is 6.81. The van der Waals surface area contributed by atoms with E-state index in [-0.39, 0.29) is 5.82 Å². The summed E-state index contributed by atoms with van der Waals surface area (Å²) in [5.74, 6) is 0.653. The highest BCUT2D eigenvalue weighted by Gasteiger charge is 2.08. The van der Waals surface area contributed by atoms with E-state index in [9.17, 15) is 4.39 Å². The first-order valence-electron chi connectivity index (χ1n) is 8.28. The van der Waals surface area contributed by atoms with Crippen LogP contribution >= 0.6 is 0 Å². The van der Waals surface area contributed by atoms with E-state index in [0.717, 1.165) is 27.8 Å². The van der Waals surface area contributed by atoms with Crippen LogP contribution in [0.3, 0.4) is 0 Å². The van der Waals surface area contributed by atoms with Crippen molar-refractivity contribution in [3.8, 4) is 5.75 Å². The predicted molar refractivity (Wildman–Crippen MR) is 98.2 cm³/mol. The van der Waals surface area contributed by atoms with E-state index in [4.69, 9.17) is 4.74 Å². The molecule has 124 valence electrons. The summed E-state index contributed by atoms with van der Waals surface area (Å²) in [6.07, 6.45) is 2.02.